The van der Waals surface area contributed by atoms with Crippen molar-refractivity contribution in [2.45, 2.75) is 0 Å². The molecule has 15 heavy (non-hydrogen) atoms. The number of ether oxygens (including phenoxy) is 1. The quantitative estimate of drug-likeness (QED) is 0.397. The number of methoxy groups -OCH3 is 1. The lowest BCUT2D eigenvalue weighted by molar-refractivity contribution is -0.134. The second kappa shape index (κ2) is 5.61. The Morgan fingerprint density at radius 2 is 2.07 bits per heavy atom. The number of benzene rings is 1. The molecule has 0 aliphatic rings. The third-order valence-corrected chi connectivity index (χ3v) is 1.56. The molecule has 0 spiro atoms. The lowest BCUT2D eigenvalue weighted by Crippen LogP contribution is -1.92. The van der Waals surface area contributed by atoms with Crippen LogP contribution in [0.5, 0.6) is 0 Å². The van der Waals surface area contributed by atoms with Crippen LogP contribution < -0.4 is 0 Å². The molecule has 0 fully saturated rings. The number of carbonyl (C=O) groups excluding carboxylic acids is 1. The van der Waals surface area contributed by atoms with Gasteiger partial charge < -0.3 is 4.74 Å². The molecule has 1 aromatic rings. The normalized spacial score (nSPS) is 9.47. The predicted octanol–water partition coefficient (Wildman–Crippen LogP) is 1.91. The van der Waals surface area contributed by atoms with Crippen LogP contribution in [-0.2, 0) is 9.53 Å². The van der Waals surface area contributed by atoms with Crippen molar-refractivity contribution in [3.63, 3.8) is 0 Å². The van der Waals surface area contributed by atoms with E-state index in [0.717, 1.165) is 0 Å². The number of halogens is 1. The van der Waals surface area contributed by atoms with E-state index < -0.39 is 5.97 Å². The third kappa shape index (κ3) is 4.10. The Labute approximate surface area is 87.4 Å². The van der Waals surface area contributed by atoms with E-state index in [-0.39, 0.29) is 5.82 Å². The van der Waals surface area contributed by atoms with Crippen LogP contribution in [0.2, 0.25) is 0 Å². The molecule has 0 unspecified atom stereocenters. The van der Waals surface area contributed by atoms with Crippen molar-refractivity contribution in [3.8, 4) is 11.8 Å². The maximum absolute atomic E-state index is 12.5. The highest BCUT2D eigenvalue weighted by Crippen LogP contribution is 2.00. The Morgan fingerprint density at radius 1 is 1.40 bits per heavy atom. The lowest BCUT2D eigenvalue weighted by atomic mass is 10.2. The second-order valence-electron chi connectivity index (χ2n) is 2.63. The predicted molar refractivity (Wildman–Crippen MR) is 54.4 cm³/mol. The summed E-state index contributed by atoms with van der Waals surface area (Å²) in [5.74, 6) is 4.62. The highest BCUT2D eigenvalue weighted by molar-refractivity contribution is 5.82. The minimum absolute atomic E-state index is 0.300. The average Bonchev–Trinajstić information content (AvgIpc) is 2.26. The Bertz CT molecular complexity index is 421. The van der Waals surface area contributed by atoms with Crippen molar-refractivity contribution in [3.05, 3.63) is 47.8 Å². The molecule has 0 heterocycles. The maximum Gasteiger partial charge on any atom is 0.331 e. The minimum Gasteiger partial charge on any atom is -0.466 e. The van der Waals surface area contributed by atoms with Crippen LogP contribution >= 0.6 is 0 Å². The molecule has 1 rings (SSSR count). The number of hydrogen-bond acceptors (Lipinski definition) is 2. The molecule has 0 aliphatic carbocycles. The molecule has 0 radical (unpaired) electrons. The summed E-state index contributed by atoms with van der Waals surface area (Å²) in [7, 11) is 1.29. The summed E-state index contributed by atoms with van der Waals surface area (Å²) in [6.07, 6.45) is 2.60. The largest absolute Gasteiger partial charge is 0.466 e. The van der Waals surface area contributed by atoms with Gasteiger partial charge in [0.2, 0.25) is 0 Å². The molecule has 0 bridgehead atoms. The monoisotopic (exact) mass is 204 g/mol. The fourth-order valence-corrected chi connectivity index (χ4v) is 0.836. The van der Waals surface area contributed by atoms with E-state index in [1.54, 1.807) is 12.1 Å². The summed E-state index contributed by atoms with van der Waals surface area (Å²) in [6.45, 7) is 0. The van der Waals surface area contributed by atoms with Gasteiger partial charge in [0.1, 0.15) is 5.82 Å². The number of hydrogen-bond donors (Lipinski definition) is 0. The van der Waals surface area contributed by atoms with Crippen molar-refractivity contribution in [2.24, 2.45) is 0 Å². The second-order valence-corrected chi connectivity index (χ2v) is 2.63. The van der Waals surface area contributed by atoms with Gasteiger partial charge in [0.15, 0.2) is 0 Å². The molecule has 0 aromatic heterocycles. The van der Waals surface area contributed by atoms with E-state index in [4.69, 9.17) is 0 Å². The Balaban J connectivity index is 2.62. The Morgan fingerprint density at radius 3 is 2.67 bits per heavy atom. The molecule has 0 atom stereocenters. The third-order valence-electron chi connectivity index (χ3n) is 1.56. The summed E-state index contributed by atoms with van der Waals surface area (Å²) in [5.41, 5.74) is 0.686. The van der Waals surface area contributed by atoms with E-state index in [1.165, 1.54) is 31.4 Å². The molecule has 0 saturated heterocycles. The van der Waals surface area contributed by atoms with Gasteiger partial charge in [0.25, 0.3) is 0 Å². The molecular formula is C12H9FO2. The number of allylic oxidation sites excluding steroid dienone is 1. The van der Waals surface area contributed by atoms with Gasteiger partial charge in [-0.2, -0.15) is 0 Å². The highest BCUT2D eigenvalue weighted by Gasteiger charge is 1.88. The van der Waals surface area contributed by atoms with Crippen LogP contribution in [0.15, 0.2) is 36.4 Å². The first kappa shape index (κ1) is 11.0. The fraction of sp³-hybridized carbons (Fsp3) is 0.0833. The number of carbonyl (C=O) groups is 1. The van der Waals surface area contributed by atoms with Crippen LogP contribution in [0.4, 0.5) is 4.39 Å². The van der Waals surface area contributed by atoms with Crippen LogP contribution in [0.3, 0.4) is 0 Å². The SMILES string of the molecule is COC(=O)/C=C\C#Cc1ccc(F)cc1. The van der Waals surface area contributed by atoms with Crippen molar-refractivity contribution >= 4 is 5.97 Å². The topological polar surface area (TPSA) is 26.3 Å². The molecular weight excluding hydrogens is 195 g/mol. The van der Waals surface area contributed by atoms with Gasteiger partial charge in [0, 0.05) is 11.6 Å². The summed E-state index contributed by atoms with van der Waals surface area (Å²) in [4.78, 5) is 10.6. The Kier molecular flexibility index (Phi) is 4.11. The summed E-state index contributed by atoms with van der Waals surface area (Å²) < 4.78 is 16.9. The molecule has 1 aromatic carbocycles. The Hall–Kier alpha value is -2.08. The molecule has 76 valence electrons. The van der Waals surface area contributed by atoms with E-state index in [0.29, 0.717) is 5.56 Å². The van der Waals surface area contributed by atoms with Crippen molar-refractivity contribution in [2.75, 3.05) is 7.11 Å². The average molecular weight is 204 g/mol. The molecule has 2 nitrogen and oxygen atoms in total. The lowest BCUT2D eigenvalue weighted by Gasteiger charge is -1.88. The first-order valence-electron chi connectivity index (χ1n) is 4.24. The number of rotatable bonds is 1. The summed E-state index contributed by atoms with van der Waals surface area (Å²) in [5, 5.41) is 0. The van der Waals surface area contributed by atoms with Gasteiger partial charge in [0.05, 0.1) is 7.11 Å². The summed E-state index contributed by atoms with van der Waals surface area (Å²) >= 11 is 0. The van der Waals surface area contributed by atoms with E-state index in [9.17, 15) is 9.18 Å². The molecule has 0 amide bonds. The zero-order valence-corrected chi connectivity index (χ0v) is 8.16. The smallest absolute Gasteiger partial charge is 0.331 e. The van der Waals surface area contributed by atoms with Crippen LogP contribution in [0.25, 0.3) is 0 Å². The van der Waals surface area contributed by atoms with Crippen LogP contribution in [0.1, 0.15) is 5.56 Å². The van der Waals surface area contributed by atoms with Gasteiger partial charge in [-0.15, -0.1) is 0 Å². The maximum atomic E-state index is 12.5. The van der Waals surface area contributed by atoms with E-state index in [2.05, 4.69) is 16.6 Å². The molecule has 0 N–H and O–H groups in total. The van der Waals surface area contributed by atoms with Crippen molar-refractivity contribution in [1.82, 2.24) is 0 Å². The van der Waals surface area contributed by atoms with E-state index in [1.807, 2.05) is 0 Å². The first-order chi connectivity index (χ1) is 7.22. The molecule has 0 aliphatic heterocycles. The van der Waals surface area contributed by atoms with Gasteiger partial charge in [-0.1, -0.05) is 11.8 Å². The number of esters is 1. The van der Waals surface area contributed by atoms with Crippen molar-refractivity contribution in [1.29, 1.82) is 0 Å². The van der Waals surface area contributed by atoms with Gasteiger partial charge in [-0.05, 0) is 30.3 Å². The highest BCUT2D eigenvalue weighted by atomic mass is 19.1. The standard InChI is InChI=1S/C12H9FO2/c1-15-12(14)5-3-2-4-10-6-8-11(13)9-7-10/h3,5-9H,1H3/b5-3-. The zero-order chi connectivity index (χ0) is 11.1. The van der Waals surface area contributed by atoms with Gasteiger partial charge in [-0.3, -0.25) is 0 Å². The fourth-order valence-electron chi connectivity index (χ4n) is 0.836. The summed E-state index contributed by atoms with van der Waals surface area (Å²) in [6, 6.07) is 5.78. The molecule has 0 saturated carbocycles. The molecule has 3 heteroatoms. The van der Waals surface area contributed by atoms with Gasteiger partial charge in [-0.25, -0.2) is 9.18 Å². The van der Waals surface area contributed by atoms with Crippen LogP contribution in [0, 0.1) is 17.7 Å². The van der Waals surface area contributed by atoms with Crippen molar-refractivity contribution < 1.29 is 13.9 Å². The van der Waals surface area contributed by atoms with Gasteiger partial charge >= 0.3 is 5.97 Å². The van der Waals surface area contributed by atoms with Crippen LogP contribution in [-0.4, -0.2) is 13.1 Å². The van der Waals surface area contributed by atoms with E-state index >= 15 is 0 Å². The first-order valence-corrected chi connectivity index (χ1v) is 4.24. The minimum atomic E-state index is -0.455. The zero-order valence-electron chi connectivity index (χ0n) is 8.16.